The van der Waals surface area contributed by atoms with Crippen molar-refractivity contribution < 1.29 is 9.15 Å². The first-order chi connectivity index (χ1) is 13.6. The van der Waals surface area contributed by atoms with Crippen molar-refractivity contribution >= 4 is 35.0 Å². The van der Waals surface area contributed by atoms with E-state index < -0.39 is 0 Å². The van der Waals surface area contributed by atoms with E-state index in [1.54, 1.807) is 37.6 Å². The fourth-order valence-electron chi connectivity index (χ4n) is 2.56. The Hall–Kier alpha value is -2.48. The number of methoxy groups -OCH3 is 1. The highest BCUT2D eigenvalue weighted by Crippen LogP contribution is 2.31. The van der Waals surface area contributed by atoms with Gasteiger partial charge in [0.1, 0.15) is 12.0 Å². The van der Waals surface area contributed by atoms with Crippen molar-refractivity contribution in [2.45, 2.75) is 10.9 Å². The van der Waals surface area contributed by atoms with Gasteiger partial charge in [0, 0.05) is 21.4 Å². The molecule has 6 nitrogen and oxygen atoms in total. The first kappa shape index (κ1) is 18.9. The lowest BCUT2D eigenvalue weighted by molar-refractivity contribution is 0.416. The largest absolute Gasteiger partial charge is 0.496 e. The lowest BCUT2D eigenvalue weighted by Crippen LogP contribution is -1.89. The van der Waals surface area contributed by atoms with E-state index >= 15 is 0 Å². The number of thioether (sulfide) groups is 1. The van der Waals surface area contributed by atoms with Crippen molar-refractivity contribution in [1.82, 2.24) is 20.2 Å². The number of oxazole rings is 1. The molecule has 2 heterocycles. The summed E-state index contributed by atoms with van der Waals surface area (Å²) >= 11 is 13.5. The molecule has 4 rings (SSSR count). The Morgan fingerprint density at radius 1 is 1.11 bits per heavy atom. The van der Waals surface area contributed by atoms with Crippen LogP contribution >= 0.6 is 35.0 Å². The van der Waals surface area contributed by atoms with Gasteiger partial charge >= 0.3 is 0 Å². The molecule has 0 saturated heterocycles. The number of hydrogen-bond acceptors (Lipinski definition) is 6. The van der Waals surface area contributed by atoms with E-state index in [1.807, 2.05) is 18.2 Å². The second kappa shape index (κ2) is 8.26. The standard InChI is InChI=1S/C19H14Cl2N4O2S/c1-26-16-6-5-13(21)8-15(16)17-23-19(25-24-17)28-10-14-9-27-18(22-14)11-3-2-4-12(20)7-11/h2-9H,10H2,1H3,(H,23,24,25). The minimum atomic E-state index is 0.525. The maximum Gasteiger partial charge on any atom is 0.226 e. The third-order valence-corrected chi connectivity index (χ3v) is 5.21. The van der Waals surface area contributed by atoms with Gasteiger partial charge in [-0.2, -0.15) is 0 Å². The first-order valence-corrected chi connectivity index (χ1v) is 9.96. The van der Waals surface area contributed by atoms with Crippen molar-refractivity contribution in [2.24, 2.45) is 0 Å². The zero-order chi connectivity index (χ0) is 19.5. The molecule has 2 aromatic carbocycles. The number of nitrogens with one attached hydrogen (secondary N) is 1. The molecular weight excluding hydrogens is 419 g/mol. The maximum absolute atomic E-state index is 6.08. The predicted molar refractivity (Wildman–Crippen MR) is 110 cm³/mol. The molecule has 0 unspecified atom stereocenters. The number of nitrogens with zero attached hydrogens (tertiary/aromatic N) is 3. The molecule has 0 fully saturated rings. The van der Waals surface area contributed by atoms with Crippen LogP contribution in [0.4, 0.5) is 0 Å². The van der Waals surface area contributed by atoms with Gasteiger partial charge < -0.3 is 9.15 Å². The molecule has 1 N–H and O–H groups in total. The molecule has 0 amide bonds. The highest BCUT2D eigenvalue weighted by atomic mass is 35.5. The number of ether oxygens (including phenoxy) is 1. The number of H-pyrrole nitrogens is 1. The summed E-state index contributed by atoms with van der Waals surface area (Å²) in [5.74, 6) is 2.34. The molecule has 142 valence electrons. The van der Waals surface area contributed by atoms with Gasteiger partial charge in [0.05, 0.1) is 18.4 Å². The zero-order valence-electron chi connectivity index (χ0n) is 14.6. The Balaban J connectivity index is 1.46. The van der Waals surface area contributed by atoms with E-state index in [0.29, 0.717) is 38.4 Å². The monoisotopic (exact) mass is 432 g/mol. The summed E-state index contributed by atoms with van der Waals surface area (Å²) in [5, 5.41) is 8.98. The number of aromatic nitrogens is 4. The topological polar surface area (TPSA) is 76.8 Å². The minimum absolute atomic E-state index is 0.525. The van der Waals surface area contributed by atoms with Crippen LogP contribution in [0, 0.1) is 0 Å². The lowest BCUT2D eigenvalue weighted by Gasteiger charge is -2.05. The molecule has 0 aliphatic heterocycles. The average Bonchev–Trinajstić information content (AvgIpc) is 3.36. The minimum Gasteiger partial charge on any atom is -0.496 e. The second-order valence-corrected chi connectivity index (χ2v) is 7.57. The van der Waals surface area contributed by atoms with Crippen LogP contribution in [-0.4, -0.2) is 27.3 Å². The quantitative estimate of drug-likeness (QED) is 0.391. The number of hydrogen-bond donors (Lipinski definition) is 1. The van der Waals surface area contributed by atoms with Crippen LogP contribution in [0.5, 0.6) is 5.75 Å². The second-order valence-electron chi connectivity index (χ2n) is 5.75. The van der Waals surface area contributed by atoms with E-state index in [4.69, 9.17) is 32.4 Å². The number of aromatic amines is 1. The van der Waals surface area contributed by atoms with Crippen molar-refractivity contribution in [1.29, 1.82) is 0 Å². The normalized spacial score (nSPS) is 11.0. The molecule has 0 saturated carbocycles. The first-order valence-electron chi connectivity index (χ1n) is 8.22. The summed E-state index contributed by atoms with van der Waals surface area (Å²) in [5.41, 5.74) is 2.36. The number of halogens is 2. The van der Waals surface area contributed by atoms with Gasteiger partial charge in [0.25, 0.3) is 0 Å². The molecule has 0 spiro atoms. The Labute approximate surface area is 175 Å². The highest BCUT2D eigenvalue weighted by molar-refractivity contribution is 7.98. The van der Waals surface area contributed by atoms with Crippen molar-refractivity contribution in [3.05, 3.63) is 64.5 Å². The molecule has 2 aromatic heterocycles. The molecule has 4 aromatic rings. The summed E-state index contributed by atoms with van der Waals surface area (Å²) in [4.78, 5) is 8.99. The van der Waals surface area contributed by atoms with Crippen LogP contribution < -0.4 is 4.74 Å². The van der Waals surface area contributed by atoms with Gasteiger partial charge in [0.2, 0.25) is 11.0 Å². The van der Waals surface area contributed by atoms with Crippen molar-refractivity contribution in [3.8, 4) is 28.6 Å². The van der Waals surface area contributed by atoms with Gasteiger partial charge in [0.15, 0.2) is 5.82 Å². The molecule has 0 atom stereocenters. The molecule has 0 aliphatic carbocycles. The fraction of sp³-hybridized carbons (Fsp3) is 0.105. The van der Waals surface area contributed by atoms with Crippen LogP contribution in [0.2, 0.25) is 10.0 Å². The third kappa shape index (κ3) is 4.16. The summed E-state index contributed by atoms with van der Waals surface area (Å²) in [6.07, 6.45) is 1.62. The van der Waals surface area contributed by atoms with Gasteiger partial charge in [-0.1, -0.05) is 41.0 Å². The summed E-state index contributed by atoms with van der Waals surface area (Å²) < 4.78 is 10.9. The summed E-state index contributed by atoms with van der Waals surface area (Å²) in [7, 11) is 1.60. The van der Waals surface area contributed by atoms with E-state index in [9.17, 15) is 0 Å². The van der Waals surface area contributed by atoms with E-state index in [1.165, 1.54) is 11.8 Å². The van der Waals surface area contributed by atoms with Crippen LogP contribution in [-0.2, 0) is 5.75 Å². The molecular formula is C19H14Cl2N4O2S. The van der Waals surface area contributed by atoms with E-state index in [2.05, 4.69) is 20.2 Å². The van der Waals surface area contributed by atoms with Crippen molar-refractivity contribution in [3.63, 3.8) is 0 Å². The Bertz CT molecular complexity index is 1110. The number of rotatable bonds is 6. The highest BCUT2D eigenvalue weighted by Gasteiger charge is 2.13. The average molecular weight is 433 g/mol. The van der Waals surface area contributed by atoms with Crippen LogP contribution in [0.25, 0.3) is 22.8 Å². The van der Waals surface area contributed by atoms with Crippen LogP contribution in [0.1, 0.15) is 5.69 Å². The molecule has 0 radical (unpaired) electrons. The molecule has 0 aliphatic rings. The molecule has 28 heavy (non-hydrogen) atoms. The molecule has 9 heteroatoms. The predicted octanol–water partition coefficient (Wildman–Crippen LogP) is 5.73. The van der Waals surface area contributed by atoms with Crippen molar-refractivity contribution in [2.75, 3.05) is 7.11 Å². The van der Waals surface area contributed by atoms with E-state index in [0.717, 1.165) is 16.8 Å². The Morgan fingerprint density at radius 2 is 1.96 bits per heavy atom. The van der Waals surface area contributed by atoms with Crippen LogP contribution in [0.15, 0.2) is 58.3 Å². The van der Waals surface area contributed by atoms with Gasteiger partial charge in [-0.15, -0.1) is 5.10 Å². The summed E-state index contributed by atoms with van der Waals surface area (Å²) in [6.45, 7) is 0. The Morgan fingerprint density at radius 3 is 2.79 bits per heavy atom. The smallest absolute Gasteiger partial charge is 0.226 e. The maximum atomic E-state index is 6.08. The fourth-order valence-corrected chi connectivity index (χ4v) is 3.60. The van der Waals surface area contributed by atoms with Gasteiger partial charge in [-0.3, -0.25) is 5.10 Å². The van der Waals surface area contributed by atoms with E-state index in [-0.39, 0.29) is 0 Å². The van der Waals surface area contributed by atoms with Crippen LogP contribution in [0.3, 0.4) is 0 Å². The number of benzene rings is 2. The SMILES string of the molecule is COc1ccc(Cl)cc1-c1nc(SCc2coc(-c3cccc(Cl)c3)n2)n[nH]1. The molecule has 0 bridgehead atoms. The third-order valence-electron chi connectivity index (χ3n) is 3.85. The van der Waals surface area contributed by atoms with Gasteiger partial charge in [-0.05, 0) is 36.4 Å². The lowest BCUT2D eigenvalue weighted by atomic mass is 10.2. The Kier molecular flexibility index (Phi) is 5.57. The van der Waals surface area contributed by atoms with Gasteiger partial charge in [-0.25, -0.2) is 9.97 Å². The summed E-state index contributed by atoms with van der Waals surface area (Å²) in [6, 6.07) is 12.7. The zero-order valence-corrected chi connectivity index (χ0v) is 17.0.